The molecule has 0 aromatic heterocycles. The number of carbonyl (C=O) groups is 1. The van der Waals surface area contributed by atoms with Crippen LogP contribution in [0.4, 0.5) is 10.1 Å². The maximum Gasteiger partial charge on any atom is 0.257 e. The summed E-state index contributed by atoms with van der Waals surface area (Å²) in [5, 5.41) is 5.46. The van der Waals surface area contributed by atoms with E-state index >= 15 is 0 Å². The summed E-state index contributed by atoms with van der Waals surface area (Å²) < 4.78 is 13.1. The van der Waals surface area contributed by atoms with Crippen LogP contribution < -0.4 is 10.6 Å². The molecule has 3 nitrogen and oxygen atoms in total. The molecule has 6 heteroatoms. The molecule has 0 fully saturated rings. The molecule has 0 saturated carbocycles. The second-order valence-corrected chi connectivity index (χ2v) is 6.13. The molecular weight excluding hydrogens is 335 g/mol. The van der Waals surface area contributed by atoms with Crippen molar-refractivity contribution in [2.24, 2.45) is 0 Å². The van der Waals surface area contributed by atoms with Gasteiger partial charge in [-0.25, -0.2) is 4.39 Å². The highest BCUT2D eigenvalue weighted by atomic mass is 35.5. The minimum atomic E-state index is -0.516. The van der Waals surface area contributed by atoms with E-state index in [9.17, 15) is 9.18 Å². The van der Waals surface area contributed by atoms with Gasteiger partial charge in [-0.3, -0.25) is 10.1 Å². The largest absolute Gasteiger partial charge is 0.332 e. The lowest BCUT2D eigenvalue weighted by atomic mass is 10.0. The predicted molar refractivity (Wildman–Crippen MR) is 95.6 cm³/mol. The summed E-state index contributed by atoms with van der Waals surface area (Å²) in [4.78, 5) is 12.1. The molecule has 2 N–H and O–H groups in total. The van der Waals surface area contributed by atoms with Crippen molar-refractivity contribution in [1.29, 1.82) is 0 Å². The molecule has 2 aromatic carbocycles. The number of nitrogens with one attached hydrogen (secondary N) is 2. The van der Waals surface area contributed by atoms with E-state index in [4.69, 9.17) is 23.8 Å². The Morgan fingerprint density at radius 2 is 1.83 bits per heavy atom. The zero-order chi connectivity index (χ0) is 17.0. The van der Waals surface area contributed by atoms with Gasteiger partial charge in [-0.1, -0.05) is 37.6 Å². The molecular formula is C17H16ClFN2OS. The maximum absolute atomic E-state index is 13.1. The van der Waals surface area contributed by atoms with Crippen LogP contribution in [0, 0.1) is 5.82 Å². The van der Waals surface area contributed by atoms with Crippen molar-refractivity contribution in [2.75, 3.05) is 5.32 Å². The molecule has 0 aliphatic rings. The van der Waals surface area contributed by atoms with Gasteiger partial charge in [0.1, 0.15) is 5.82 Å². The van der Waals surface area contributed by atoms with Gasteiger partial charge in [0.15, 0.2) is 5.11 Å². The monoisotopic (exact) mass is 350 g/mol. The number of rotatable bonds is 3. The SMILES string of the molecule is CC(C)c1ccc(C(=O)NC(=S)Nc2ccc(F)c(Cl)c2)cc1. The van der Waals surface area contributed by atoms with Crippen molar-refractivity contribution in [2.45, 2.75) is 19.8 Å². The summed E-state index contributed by atoms with van der Waals surface area (Å²) in [6.07, 6.45) is 0. The molecule has 0 saturated heterocycles. The molecule has 23 heavy (non-hydrogen) atoms. The highest BCUT2D eigenvalue weighted by Gasteiger charge is 2.09. The molecule has 1 amide bonds. The van der Waals surface area contributed by atoms with Crippen molar-refractivity contribution in [3.05, 3.63) is 64.4 Å². The van der Waals surface area contributed by atoms with Crippen LogP contribution >= 0.6 is 23.8 Å². The van der Waals surface area contributed by atoms with Gasteiger partial charge >= 0.3 is 0 Å². The molecule has 0 unspecified atom stereocenters. The second-order valence-electron chi connectivity index (χ2n) is 5.31. The first-order valence-electron chi connectivity index (χ1n) is 7.04. The van der Waals surface area contributed by atoms with Crippen LogP contribution in [0.25, 0.3) is 0 Å². The summed E-state index contributed by atoms with van der Waals surface area (Å²) in [7, 11) is 0. The lowest BCUT2D eigenvalue weighted by Gasteiger charge is -2.11. The average Bonchev–Trinajstić information content (AvgIpc) is 2.51. The van der Waals surface area contributed by atoms with E-state index < -0.39 is 5.82 Å². The number of benzene rings is 2. The van der Waals surface area contributed by atoms with Gasteiger partial charge in [0.25, 0.3) is 5.91 Å². The molecule has 2 aromatic rings. The van der Waals surface area contributed by atoms with Crippen molar-refractivity contribution < 1.29 is 9.18 Å². The van der Waals surface area contributed by atoms with Crippen LogP contribution in [0.5, 0.6) is 0 Å². The van der Waals surface area contributed by atoms with Crippen LogP contribution in [0.2, 0.25) is 5.02 Å². The number of hydrogen-bond acceptors (Lipinski definition) is 2. The van der Waals surface area contributed by atoms with Crippen molar-refractivity contribution >= 4 is 40.5 Å². The van der Waals surface area contributed by atoms with Crippen molar-refractivity contribution in [3.8, 4) is 0 Å². The van der Waals surface area contributed by atoms with E-state index in [1.165, 1.54) is 18.2 Å². The highest BCUT2D eigenvalue weighted by molar-refractivity contribution is 7.80. The minimum absolute atomic E-state index is 0.0200. The van der Waals surface area contributed by atoms with Gasteiger partial charge in [-0.05, 0) is 54.0 Å². The first-order valence-corrected chi connectivity index (χ1v) is 7.83. The lowest BCUT2D eigenvalue weighted by Crippen LogP contribution is -2.34. The summed E-state index contributed by atoms with van der Waals surface area (Å²) >= 11 is 10.8. The topological polar surface area (TPSA) is 41.1 Å². The Balaban J connectivity index is 1.99. The third-order valence-electron chi connectivity index (χ3n) is 3.24. The standard InChI is InChI=1S/C17H16ClFN2OS/c1-10(2)11-3-5-12(6-4-11)16(22)21-17(23)20-13-7-8-15(19)14(18)9-13/h3-10H,1-2H3,(H2,20,21,22,23). The Labute approximate surface area is 144 Å². The van der Waals surface area contributed by atoms with E-state index in [0.29, 0.717) is 17.2 Å². The van der Waals surface area contributed by atoms with Gasteiger partial charge in [-0.2, -0.15) is 0 Å². The third-order valence-corrected chi connectivity index (χ3v) is 3.74. The molecule has 0 aliphatic carbocycles. The van der Waals surface area contributed by atoms with Crippen LogP contribution in [-0.4, -0.2) is 11.0 Å². The quantitative estimate of drug-likeness (QED) is 0.786. The fourth-order valence-electron chi connectivity index (χ4n) is 1.93. The number of amides is 1. The summed E-state index contributed by atoms with van der Waals surface area (Å²) in [5.74, 6) is -0.429. The molecule has 0 spiro atoms. The Bertz CT molecular complexity index is 732. The van der Waals surface area contributed by atoms with E-state index in [1.807, 2.05) is 12.1 Å². The van der Waals surface area contributed by atoms with E-state index in [0.717, 1.165) is 5.56 Å². The van der Waals surface area contributed by atoms with Gasteiger partial charge in [0, 0.05) is 11.3 Å². The Morgan fingerprint density at radius 1 is 1.17 bits per heavy atom. The molecule has 0 radical (unpaired) electrons. The van der Waals surface area contributed by atoms with Crippen LogP contribution in [0.3, 0.4) is 0 Å². The fraction of sp³-hybridized carbons (Fsp3) is 0.176. The van der Waals surface area contributed by atoms with Crippen LogP contribution in [-0.2, 0) is 0 Å². The molecule has 2 rings (SSSR count). The summed E-state index contributed by atoms with van der Waals surface area (Å²) in [5.41, 5.74) is 2.16. The first-order chi connectivity index (χ1) is 10.9. The molecule has 0 heterocycles. The number of halogens is 2. The zero-order valence-electron chi connectivity index (χ0n) is 12.7. The minimum Gasteiger partial charge on any atom is -0.332 e. The van der Waals surface area contributed by atoms with Crippen molar-refractivity contribution in [3.63, 3.8) is 0 Å². The predicted octanol–water partition coefficient (Wildman–Crippen LogP) is 4.73. The lowest BCUT2D eigenvalue weighted by molar-refractivity contribution is 0.0977. The molecule has 0 aliphatic heterocycles. The molecule has 0 atom stereocenters. The maximum atomic E-state index is 13.1. The average molecular weight is 351 g/mol. The number of carbonyl (C=O) groups excluding carboxylic acids is 1. The summed E-state index contributed by atoms with van der Waals surface area (Å²) in [6.45, 7) is 4.17. The van der Waals surface area contributed by atoms with Gasteiger partial charge in [0.05, 0.1) is 5.02 Å². The number of thiocarbonyl (C=S) groups is 1. The highest BCUT2D eigenvalue weighted by Crippen LogP contribution is 2.19. The number of hydrogen-bond donors (Lipinski definition) is 2. The summed E-state index contributed by atoms with van der Waals surface area (Å²) in [6, 6.07) is 11.4. The Morgan fingerprint density at radius 3 is 2.39 bits per heavy atom. The Hall–Kier alpha value is -1.98. The number of anilines is 1. The smallest absolute Gasteiger partial charge is 0.257 e. The van der Waals surface area contributed by atoms with Gasteiger partial charge in [-0.15, -0.1) is 0 Å². The van der Waals surface area contributed by atoms with Crippen molar-refractivity contribution in [1.82, 2.24) is 5.32 Å². The van der Waals surface area contributed by atoms with Crippen LogP contribution in [0.15, 0.2) is 42.5 Å². The first kappa shape index (κ1) is 17.4. The normalized spacial score (nSPS) is 10.5. The Kier molecular flexibility index (Phi) is 5.69. The zero-order valence-corrected chi connectivity index (χ0v) is 14.3. The molecule has 0 bridgehead atoms. The third kappa shape index (κ3) is 4.74. The van der Waals surface area contributed by atoms with E-state index in [2.05, 4.69) is 24.5 Å². The van der Waals surface area contributed by atoms with Gasteiger partial charge in [0.2, 0.25) is 0 Å². The molecule has 120 valence electrons. The van der Waals surface area contributed by atoms with Gasteiger partial charge < -0.3 is 5.32 Å². The fourth-order valence-corrected chi connectivity index (χ4v) is 2.32. The second kappa shape index (κ2) is 7.53. The van der Waals surface area contributed by atoms with E-state index in [1.54, 1.807) is 12.1 Å². The van der Waals surface area contributed by atoms with E-state index in [-0.39, 0.29) is 16.0 Å². The van der Waals surface area contributed by atoms with Crippen LogP contribution in [0.1, 0.15) is 35.7 Å².